The first-order valence-electron chi connectivity index (χ1n) is 8.24. The molecule has 1 aliphatic heterocycles. The van der Waals surface area contributed by atoms with Gasteiger partial charge >= 0.3 is 0 Å². The smallest absolute Gasteiger partial charge is 0.227 e. The minimum absolute atomic E-state index is 0.123. The molecule has 2 unspecified atom stereocenters. The molecule has 0 saturated carbocycles. The summed E-state index contributed by atoms with van der Waals surface area (Å²) in [6.07, 6.45) is 1.10. The zero-order valence-electron chi connectivity index (χ0n) is 13.5. The Hall–Kier alpha value is -1.74. The summed E-state index contributed by atoms with van der Waals surface area (Å²) < 4.78 is 0. The molecule has 1 amide bonds. The first kappa shape index (κ1) is 16.1. The van der Waals surface area contributed by atoms with Crippen molar-refractivity contribution < 1.29 is 4.79 Å². The lowest BCUT2D eigenvalue weighted by Crippen LogP contribution is -2.45. The molecule has 2 aromatic carbocycles. The minimum atomic E-state index is 0.123. The van der Waals surface area contributed by atoms with Crippen LogP contribution in [-0.4, -0.2) is 23.1 Å². The van der Waals surface area contributed by atoms with Gasteiger partial charge in [0, 0.05) is 23.7 Å². The van der Waals surface area contributed by atoms with Gasteiger partial charge in [-0.05, 0) is 30.0 Å². The second-order valence-electron chi connectivity index (χ2n) is 6.24. The fraction of sp³-hybridized carbons (Fsp3) is 0.350. The summed E-state index contributed by atoms with van der Waals surface area (Å²) in [5.74, 6) is 1.77. The largest absolute Gasteiger partial charge is 0.338 e. The van der Waals surface area contributed by atoms with Gasteiger partial charge in [0.2, 0.25) is 5.91 Å². The van der Waals surface area contributed by atoms with Gasteiger partial charge in [0.1, 0.15) is 0 Å². The number of piperidine rings is 1. The van der Waals surface area contributed by atoms with Crippen molar-refractivity contribution >= 4 is 17.7 Å². The zero-order chi connectivity index (χ0) is 16.1. The van der Waals surface area contributed by atoms with E-state index < -0.39 is 0 Å². The lowest BCUT2D eigenvalue weighted by molar-refractivity contribution is -0.140. The fourth-order valence-electron chi connectivity index (χ4n) is 3.05. The number of benzene rings is 2. The highest BCUT2D eigenvalue weighted by molar-refractivity contribution is 7.99. The number of carbonyl (C=O) groups excluding carboxylic acids is 1. The van der Waals surface area contributed by atoms with Crippen LogP contribution in [0.5, 0.6) is 0 Å². The number of hydrogen-bond acceptors (Lipinski definition) is 2. The van der Waals surface area contributed by atoms with E-state index in [0.717, 1.165) is 25.3 Å². The number of likely N-dealkylation sites (tertiary alicyclic amines) is 1. The van der Waals surface area contributed by atoms with Crippen LogP contribution in [0.4, 0.5) is 0 Å². The van der Waals surface area contributed by atoms with E-state index in [9.17, 15) is 4.79 Å². The van der Waals surface area contributed by atoms with E-state index in [0.29, 0.717) is 11.8 Å². The van der Waals surface area contributed by atoms with Crippen molar-refractivity contribution in [1.29, 1.82) is 0 Å². The molecule has 0 radical (unpaired) electrons. The number of carbonyl (C=O) groups is 1. The second kappa shape index (κ2) is 7.69. The van der Waals surface area contributed by atoms with Crippen molar-refractivity contribution in [2.45, 2.75) is 24.8 Å². The molecule has 2 atom stereocenters. The Morgan fingerprint density at radius 2 is 1.70 bits per heavy atom. The van der Waals surface area contributed by atoms with Gasteiger partial charge < -0.3 is 4.90 Å². The SMILES string of the molecule is CC1CCN(Cc2ccccc2)C(=O)C1CSc1ccccc1. The highest BCUT2D eigenvalue weighted by atomic mass is 32.2. The molecule has 1 fully saturated rings. The maximum Gasteiger partial charge on any atom is 0.227 e. The Kier molecular flexibility index (Phi) is 5.39. The predicted molar refractivity (Wildman–Crippen MR) is 96.3 cm³/mol. The van der Waals surface area contributed by atoms with Crippen LogP contribution in [0.1, 0.15) is 18.9 Å². The lowest BCUT2D eigenvalue weighted by atomic mass is 9.87. The molecule has 0 spiro atoms. The van der Waals surface area contributed by atoms with E-state index in [-0.39, 0.29) is 5.92 Å². The van der Waals surface area contributed by atoms with E-state index in [1.807, 2.05) is 29.2 Å². The molecule has 1 saturated heterocycles. The first-order chi connectivity index (χ1) is 11.2. The average molecular weight is 325 g/mol. The van der Waals surface area contributed by atoms with Crippen LogP contribution in [-0.2, 0) is 11.3 Å². The number of amides is 1. The Morgan fingerprint density at radius 3 is 2.39 bits per heavy atom. The Bertz CT molecular complexity index is 629. The summed E-state index contributed by atoms with van der Waals surface area (Å²) >= 11 is 1.80. The first-order valence-corrected chi connectivity index (χ1v) is 9.23. The van der Waals surface area contributed by atoms with Gasteiger partial charge in [0.15, 0.2) is 0 Å². The Balaban J connectivity index is 1.63. The van der Waals surface area contributed by atoms with E-state index in [1.54, 1.807) is 11.8 Å². The topological polar surface area (TPSA) is 20.3 Å². The quantitative estimate of drug-likeness (QED) is 0.756. The van der Waals surface area contributed by atoms with Gasteiger partial charge in [-0.2, -0.15) is 0 Å². The Labute approximate surface area is 142 Å². The predicted octanol–water partition coefficient (Wildman–Crippen LogP) is 4.46. The maximum atomic E-state index is 12.9. The molecule has 3 heteroatoms. The molecular weight excluding hydrogens is 302 g/mol. The molecule has 0 bridgehead atoms. The molecule has 2 nitrogen and oxygen atoms in total. The van der Waals surface area contributed by atoms with Crippen LogP contribution in [0, 0.1) is 11.8 Å². The third-order valence-corrected chi connectivity index (χ3v) is 5.69. The van der Waals surface area contributed by atoms with Crippen molar-refractivity contribution in [1.82, 2.24) is 4.90 Å². The molecule has 0 aliphatic carbocycles. The average Bonchev–Trinajstić information content (AvgIpc) is 2.59. The maximum absolute atomic E-state index is 12.9. The van der Waals surface area contributed by atoms with Crippen LogP contribution in [0.15, 0.2) is 65.6 Å². The summed E-state index contributed by atoms with van der Waals surface area (Å²) in [5.41, 5.74) is 1.21. The van der Waals surface area contributed by atoms with Crippen LogP contribution in [0.2, 0.25) is 0 Å². The number of thioether (sulfide) groups is 1. The molecule has 0 N–H and O–H groups in total. The van der Waals surface area contributed by atoms with Gasteiger partial charge in [0.05, 0.1) is 5.92 Å². The van der Waals surface area contributed by atoms with E-state index in [1.165, 1.54) is 10.5 Å². The van der Waals surface area contributed by atoms with Gasteiger partial charge in [-0.1, -0.05) is 55.5 Å². The van der Waals surface area contributed by atoms with E-state index in [4.69, 9.17) is 0 Å². The van der Waals surface area contributed by atoms with Crippen LogP contribution >= 0.6 is 11.8 Å². The highest BCUT2D eigenvalue weighted by Gasteiger charge is 2.33. The molecule has 120 valence electrons. The molecule has 0 aromatic heterocycles. The zero-order valence-corrected chi connectivity index (χ0v) is 14.3. The molecule has 1 aliphatic rings. The summed E-state index contributed by atoms with van der Waals surface area (Å²) in [6.45, 7) is 3.83. The lowest BCUT2D eigenvalue weighted by Gasteiger charge is -2.36. The Morgan fingerprint density at radius 1 is 1.04 bits per heavy atom. The summed E-state index contributed by atoms with van der Waals surface area (Å²) in [6, 6.07) is 20.6. The highest BCUT2D eigenvalue weighted by Crippen LogP contribution is 2.31. The number of hydrogen-bond donors (Lipinski definition) is 0. The van der Waals surface area contributed by atoms with Crippen molar-refractivity contribution in [3.63, 3.8) is 0 Å². The van der Waals surface area contributed by atoms with Crippen molar-refractivity contribution in [3.8, 4) is 0 Å². The van der Waals surface area contributed by atoms with Crippen LogP contribution in [0.25, 0.3) is 0 Å². The van der Waals surface area contributed by atoms with Crippen molar-refractivity contribution in [3.05, 3.63) is 66.2 Å². The molecule has 23 heavy (non-hydrogen) atoms. The molecule has 2 aromatic rings. The van der Waals surface area contributed by atoms with Gasteiger partial charge in [-0.3, -0.25) is 4.79 Å². The summed E-state index contributed by atoms with van der Waals surface area (Å²) in [7, 11) is 0. The van der Waals surface area contributed by atoms with Crippen molar-refractivity contribution in [2.75, 3.05) is 12.3 Å². The molecule has 1 heterocycles. The van der Waals surface area contributed by atoms with E-state index >= 15 is 0 Å². The standard InChI is InChI=1S/C20H23NOS/c1-16-12-13-21(14-17-8-4-2-5-9-17)20(22)19(16)15-23-18-10-6-3-7-11-18/h2-11,16,19H,12-15H2,1H3. The summed E-state index contributed by atoms with van der Waals surface area (Å²) in [5, 5.41) is 0. The summed E-state index contributed by atoms with van der Waals surface area (Å²) in [4.78, 5) is 16.2. The van der Waals surface area contributed by atoms with E-state index in [2.05, 4.69) is 43.3 Å². The molecular formula is C20H23NOS. The third kappa shape index (κ3) is 4.17. The van der Waals surface area contributed by atoms with Gasteiger partial charge in [0.25, 0.3) is 0 Å². The normalized spacial score (nSPS) is 21.4. The number of rotatable bonds is 5. The van der Waals surface area contributed by atoms with Gasteiger partial charge in [-0.15, -0.1) is 11.8 Å². The molecule has 3 rings (SSSR count). The van der Waals surface area contributed by atoms with Crippen LogP contribution < -0.4 is 0 Å². The van der Waals surface area contributed by atoms with Crippen molar-refractivity contribution in [2.24, 2.45) is 11.8 Å². The number of nitrogens with zero attached hydrogens (tertiary/aromatic N) is 1. The minimum Gasteiger partial charge on any atom is -0.338 e. The third-order valence-electron chi connectivity index (χ3n) is 4.56. The monoisotopic (exact) mass is 325 g/mol. The van der Waals surface area contributed by atoms with Gasteiger partial charge in [-0.25, -0.2) is 0 Å². The second-order valence-corrected chi connectivity index (χ2v) is 7.34. The fourth-order valence-corrected chi connectivity index (χ4v) is 4.24. The van der Waals surface area contributed by atoms with Crippen LogP contribution in [0.3, 0.4) is 0 Å².